The van der Waals surface area contributed by atoms with Gasteiger partial charge in [-0.3, -0.25) is 9.38 Å². The summed E-state index contributed by atoms with van der Waals surface area (Å²) in [5.41, 5.74) is 1.86. The van der Waals surface area contributed by atoms with E-state index in [2.05, 4.69) is 36.4 Å². The first-order valence-electron chi connectivity index (χ1n) is 5.93. The molecule has 6 heteroatoms. The number of nitrogens with zero attached hydrogens (tertiary/aromatic N) is 4. The number of halogens is 1. The predicted octanol–water partition coefficient (Wildman–Crippen LogP) is 2.18. The van der Waals surface area contributed by atoms with Crippen LogP contribution in [0.15, 0.2) is 47.2 Å². The van der Waals surface area contributed by atoms with E-state index in [9.17, 15) is 0 Å². The Bertz CT molecular complexity index is 677. The lowest BCUT2D eigenvalue weighted by Gasteiger charge is -2.03. The van der Waals surface area contributed by atoms with Gasteiger partial charge in [0.2, 0.25) is 0 Å². The molecule has 0 amide bonds. The Morgan fingerprint density at radius 1 is 1.11 bits per heavy atom. The fraction of sp³-hybridized carbons (Fsp3) is 0.154. The molecule has 3 heterocycles. The van der Waals surface area contributed by atoms with E-state index in [1.165, 1.54) is 0 Å². The van der Waals surface area contributed by atoms with Gasteiger partial charge in [-0.2, -0.15) is 0 Å². The highest BCUT2D eigenvalue weighted by Gasteiger charge is 2.03. The Morgan fingerprint density at radius 2 is 2.05 bits per heavy atom. The molecule has 19 heavy (non-hydrogen) atoms. The fourth-order valence-corrected chi connectivity index (χ4v) is 2.06. The summed E-state index contributed by atoms with van der Waals surface area (Å²) in [5, 5.41) is 11.6. The SMILES string of the molecule is Brc1ccc(CNCc2nnc3ccccn23)nc1. The van der Waals surface area contributed by atoms with Crippen LogP contribution < -0.4 is 5.32 Å². The standard InChI is InChI=1S/C13H12BrN5/c14-10-4-5-11(16-7-10)8-15-9-13-18-17-12-3-1-2-6-19(12)13/h1-7,15H,8-9H2. The lowest BCUT2D eigenvalue weighted by Crippen LogP contribution is -2.15. The van der Waals surface area contributed by atoms with E-state index in [-0.39, 0.29) is 0 Å². The molecule has 3 aromatic heterocycles. The Balaban J connectivity index is 1.65. The first-order valence-corrected chi connectivity index (χ1v) is 6.72. The monoisotopic (exact) mass is 317 g/mol. The van der Waals surface area contributed by atoms with Crippen molar-refractivity contribution >= 4 is 21.6 Å². The molecule has 0 aliphatic heterocycles. The molecule has 0 unspecified atom stereocenters. The normalized spacial score (nSPS) is 11.0. The maximum atomic E-state index is 4.31. The molecule has 0 aromatic carbocycles. The van der Waals surface area contributed by atoms with Crippen molar-refractivity contribution in [1.82, 2.24) is 24.9 Å². The van der Waals surface area contributed by atoms with E-state index in [4.69, 9.17) is 0 Å². The van der Waals surface area contributed by atoms with Gasteiger partial charge in [-0.25, -0.2) is 0 Å². The van der Waals surface area contributed by atoms with Crippen LogP contribution in [0.5, 0.6) is 0 Å². The van der Waals surface area contributed by atoms with Crippen molar-refractivity contribution < 1.29 is 0 Å². The predicted molar refractivity (Wildman–Crippen MR) is 75.5 cm³/mol. The second-order valence-corrected chi connectivity index (χ2v) is 5.03. The second kappa shape index (κ2) is 5.46. The minimum Gasteiger partial charge on any atom is -0.304 e. The van der Waals surface area contributed by atoms with Gasteiger partial charge in [0.05, 0.1) is 12.2 Å². The average Bonchev–Trinajstić information content (AvgIpc) is 2.85. The van der Waals surface area contributed by atoms with Gasteiger partial charge in [-0.1, -0.05) is 6.07 Å². The van der Waals surface area contributed by atoms with Gasteiger partial charge < -0.3 is 5.32 Å². The van der Waals surface area contributed by atoms with Crippen molar-refractivity contribution in [3.63, 3.8) is 0 Å². The van der Waals surface area contributed by atoms with Gasteiger partial charge in [-0.15, -0.1) is 10.2 Å². The molecule has 0 saturated heterocycles. The van der Waals surface area contributed by atoms with Crippen LogP contribution in [0.4, 0.5) is 0 Å². The third-order valence-electron chi connectivity index (χ3n) is 2.76. The molecular weight excluding hydrogens is 306 g/mol. The zero-order valence-corrected chi connectivity index (χ0v) is 11.7. The van der Waals surface area contributed by atoms with Gasteiger partial charge in [0.25, 0.3) is 0 Å². The number of hydrogen-bond donors (Lipinski definition) is 1. The van der Waals surface area contributed by atoms with Crippen LogP contribution in [-0.2, 0) is 13.1 Å². The summed E-state index contributed by atoms with van der Waals surface area (Å²) in [6, 6.07) is 9.82. The summed E-state index contributed by atoms with van der Waals surface area (Å²) in [4.78, 5) is 4.31. The molecule has 3 rings (SSSR count). The third kappa shape index (κ3) is 2.80. The highest BCUT2D eigenvalue weighted by Crippen LogP contribution is 2.07. The Hall–Kier alpha value is -1.79. The van der Waals surface area contributed by atoms with Crippen LogP contribution in [0.25, 0.3) is 5.65 Å². The molecule has 0 atom stereocenters. The molecule has 0 aliphatic rings. The summed E-state index contributed by atoms with van der Waals surface area (Å²) >= 11 is 3.37. The fourth-order valence-electron chi connectivity index (χ4n) is 1.82. The van der Waals surface area contributed by atoms with Crippen molar-refractivity contribution in [3.05, 3.63) is 58.7 Å². The van der Waals surface area contributed by atoms with Crippen LogP contribution in [0.3, 0.4) is 0 Å². The second-order valence-electron chi connectivity index (χ2n) is 4.12. The summed E-state index contributed by atoms with van der Waals surface area (Å²) in [7, 11) is 0. The smallest absolute Gasteiger partial charge is 0.160 e. The molecule has 3 aromatic rings. The number of nitrogens with one attached hydrogen (secondary N) is 1. The summed E-state index contributed by atoms with van der Waals surface area (Å²) < 4.78 is 2.96. The van der Waals surface area contributed by atoms with Crippen LogP contribution in [0, 0.1) is 0 Å². The van der Waals surface area contributed by atoms with E-state index >= 15 is 0 Å². The lowest BCUT2D eigenvalue weighted by molar-refractivity contribution is 0.646. The average molecular weight is 318 g/mol. The van der Waals surface area contributed by atoms with E-state index in [0.717, 1.165) is 21.6 Å². The molecule has 0 aliphatic carbocycles. The summed E-state index contributed by atoms with van der Waals surface area (Å²) in [6.45, 7) is 1.36. The molecule has 0 spiro atoms. The molecular formula is C13H12BrN5. The van der Waals surface area contributed by atoms with E-state index < -0.39 is 0 Å². The quantitative estimate of drug-likeness (QED) is 0.801. The maximum Gasteiger partial charge on any atom is 0.160 e. The number of hydrogen-bond acceptors (Lipinski definition) is 4. The first kappa shape index (κ1) is 12.3. The Morgan fingerprint density at radius 3 is 2.89 bits per heavy atom. The minimum absolute atomic E-state index is 0.656. The molecule has 0 fully saturated rings. The topological polar surface area (TPSA) is 55.1 Å². The highest BCUT2D eigenvalue weighted by atomic mass is 79.9. The summed E-state index contributed by atoms with van der Waals surface area (Å²) in [6.07, 6.45) is 3.76. The third-order valence-corrected chi connectivity index (χ3v) is 3.23. The number of rotatable bonds is 4. The van der Waals surface area contributed by atoms with Crippen LogP contribution in [0.2, 0.25) is 0 Å². The zero-order valence-electron chi connectivity index (χ0n) is 10.1. The van der Waals surface area contributed by atoms with Crippen molar-refractivity contribution in [1.29, 1.82) is 0 Å². The molecule has 96 valence electrons. The van der Waals surface area contributed by atoms with Crippen LogP contribution in [-0.4, -0.2) is 19.6 Å². The van der Waals surface area contributed by atoms with E-state index in [0.29, 0.717) is 13.1 Å². The Kier molecular flexibility index (Phi) is 3.52. The largest absolute Gasteiger partial charge is 0.304 e. The van der Waals surface area contributed by atoms with Gasteiger partial charge in [0.15, 0.2) is 11.5 Å². The van der Waals surface area contributed by atoms with E-state index in [1.807, 2.05) is 40.9 Å². The van der Waals surface area contributed by atoms with Gasteiger partial charge in [-0.05, 0) is 40.2 Å². The lowest BCUT2D eigenvalue weighted by atomic mass is 10.3. The maximum absolute atomic E-state index is 4.31. The van der Waals surface area contributed by atoms with Crippen molar-refractivity contribution in [2.24, 2.45) is 0 Å². The van der Waals surface area contributed by atoms with Crippen LogP contribution in [0.1, 0.15) is 11.5 Å². The van der Waals surface area contributed by atoms with Gasteiger partial charge >= 0.3 is 0 Å². The number of aromatic nitrogens is 4. The summed E-state index contributed by atoms with van der Waals surface area (Å²) in [5.74, 6) is 0.896. The number of pyridine rings is 2. The molecule has 5 nitrogen and oxygen atoms in total. The van der Waals surface area contributed by atoms with Gasteiger partial charge in [0.1, 0.15) is 0 Å². The molecule has 0 saturated carbocycles. The Labute approximate surface area is 118 Å². The van der Waals surface area contributed by atoms with Crippen LogP contribution >= 0.6 is 15.9 Å². The minimum atomic E-state index is 0.656. The first-order chi connectivity index (χ1) is 9.33. The highest BCUT2D eigenvalue weighted by molar-refractivity contribution is 9.10. The van der Waals surface area contributed by atoms with Crippen molar-refractivity contribution in [3.8, 4) is 0 Å². The van der Waals surface area contributed by atoms with Gasteiger partial charge in [0, 0.05) is 23.4 Å². The van der Waals surface area contributed by atoms with Crippen molar-refractivity contribution in [2.45, 2.75) is 13.1 Å². The number of fused-ring (bicyclic) bond motifs is 1. The molecule has 1 N–H and O–H groups in total. The van der Waals surface area contributed by atoms with E-state index in [1.54, 1.807) is 6.20 Å². The molecule has 0 radical (unpaired) electrons. The zero-order chi connectivity index (χ0) is 13.1. The van der Waals surface area contributed by atoms with Crippen molar-refractivity contribution in [2.75, 3.05) is 0 Å². The molecule has 0 bridgehead atoms.